The van der Waals surface area contributed by atoms with E-state index >= 15 is 0 Å². The summed E-state index contributed by atoms with van der Waals surface area (Å²) in [7, 11) is 0. The lowest BCUT2D eigenvalue weighted by Gasteiger charge is -2.09. The number of amides is 1. The van der Waals surface area contributed by atoms with Crippen molar-refractivity contribution in [2.75, 3.05) is 19.9 Å². The van der Waals surface area contributed by atoms with Gasteiger partial charge in [0, 0.05) is 6.07 Å². The number of carbonyl (C=O) groups excluding carboxylic acids is 1. The van der Waals surface area contributed by atoms with Crippen LogP contribution in [-0.2, 0) is 11.2 Å². The fourth-order valence-corrected chi connectivity index (χ4v) is 2.37. The quantitative estimate of drug-likeness (QED) is 0.832. The molecule has 1 aliphatic heterocycles. The Balaban J connectivity index is 1.41. The Morgan fingerprint density at radius 3 is 2.87 bits per heavy atom. The van der Waals surface area contributed by atoms with Gasteiger partial charge in [-0.2, -0.15) is 0 Å². The summed E-state index contributed by atoms with van der Waals surface area (Å²) in [5.41, 5.74) is 2.17. The van der Waals surface area contributed by atoms with Crippen LogP contribution >= 0.6 is 0 Å². The van der Waals surface area contributed by atoms with Gasteiger partial charge < -0.3 is 19.5 Å². The molecule has 0 atom stereocenters. The molecule has 0 spiro atoms. The van der Waals surface area contributed by atoms with Gasteiger partial charge in [0.2, 0.25) is 12.7 Å². The summed E-state index contributed by atoms with van der Waals surface area (Å²) in [5, 5.41) is 2.86. The van der Waals surface area contributed by atoms with Crippen LogP contribution < -0.4 is 19.5 Å². The van der Waals surface area contributed by atoms with Gasteiger partial charge in [0.25, 0.3) is 0 Å². The van der Waals surface area contributed by atoms with Crippen molar-refractivity contribution in [3.8, 4) is 17.2 Å². The first-order chi connectivity index (χ1) is 11.2. The maximum absolute atomic E-state index is 11.9. The standard InChI is InChI=1S/C18H19NO4/c1-13-4-2-3-5-14(13)10-18(20)19-8-9-21-15-6-7-16-17(11-15)23-12-22-16/h2-7,11H,8-10,12H2,1H3,(H,19,20). The van der Waals surface area contributed by atoms with Gasteiger partial charge >= 0.3 is 0 Å². The molecule has 23 heavy (non-hydrogen) atoms. The number of carbonyl (C=O) groups is 1. The predicted molar refractivity (Wildman–Crippen MR) is 86.0 cm³/mol. The summed E-state index contributed by atoms with van der Waals surface area (Å²) < 4.78 is 16.1. The van der Waals surface area contributed by atoms with Gasteiger partial charge in [-0.25, -0.2) is 0 Å². The molecule has 0 aromatic heterocycles. The summed E-state index contributed by atoms with van der Waals surface area (Å²) in [6, 6.07) is 13.3. The van der Waals surface area contributed by atoms with Crippen LogP contribution in [0.2, 0.25) is 0 Å². The van der Waals surface area contributed by atoms with Crippen LogP contribution in [0.5, 0.6) is 17.2 Å². The van der Waals surface area contributed by atoms with Gasteiger partial charge in [-0.3, -0.25) is 4.79 Å². The van der Waals surface area contributed by atoms with E-state index in [4.69, 9.17) is 14.2 Å². The molecule has 1 aliphatic rings. The predicted octanol–water partition coefficient (Wildman–Crippen LogP) is 2.46. The number of benzene rings is 2. The molecule has 5 nitrogen and oxygen atoms in total. The van der Waals surface area contributed by atoms with Crippen molar-refractivity contribution in [1.82, 2.24) is 5.32 Å². The summed E-state index contributed by atoms with van der Waals surface area (Å²) in [4.78, 5) is 11.9. The minimum Gasteiger partial charge on any atom is -0.492 e. The van der Waals surface area contributed by atoms with E-state index in [0.717, 1.165) is 16.9 Å². The van der Waals surface area contributed by atoms with Crippen molar-refractivity contribution < 1.29 is 19.0 Å². The summed E-state index contributed by atoms with van der Waals surface area (Å²) in [6.45, 7) is 3.11. The molecule has 2 aromatic carbocycles. The molecule has 1 heterocycles. The van der Waals surface area contributed by atoms with E-state index in [1.165, 1.54) is 0 Å². The Morgan fingerprint density at radius 2 is 2.00 bits per heavy atom. The van der Waals surface area contributed by atoms with Crippen molar-refractivity contribution in [1.29, 1.82) is 0 Å². The molecule has 0 radical (unpaired) electrons. The highest BCUT2D eigenvalue weighted by Crippen LogP contribution is 2.34. The molecule has 3 rings (SSSR count). The number of nitrogens with one attached hydrogen (secondary N) is 1. The third-order valence-corrected chi connectivity index (χ3v) is 3.65. The van der Waals surface area contributed by atoms with Crippen molar-refractivity contribution in [2.24, 2.45) is 0 Å². The van der Waals surface area contributed by atoms with E-state index < -0.39 is 0 Å². The number of ether oxygens (including phenoxy) is 3. The number of fused-ring (bicyclic) bond motifs is 1. The Hall–Kier alpha value is -2.69. The van der Waals surface area contributed by atoms with Crippen LogP contribution in [0.3, 0.4) is 0 Å². The number of hydrogen-bond acceptors (Lipinski definition) is 4. The molecule has 120 valence electrons. The zero-order chi connectivity index (χ0) is 16.1. The number of aryl methyl sites for hydroxylation is 1. The molecule has 0 aliphatic carbocycles. The maximum atomic E-state index is 11.9. The fraction of sp³-hybridized carbons (Fsp3) is 0.278. The molecule has 1 N–H and O–H groups in total. The Labute approximate surface area is 135 Å². The highest BCUT2D eigenvalue weighted by molar-refractivity contribution is 5.78. The van der Waals surface area contributed by atoms with Gasteiger partial charge in [-0.15, -0.1) is 0 Å². The van der Waals surface area contributed by atoms with E-state index in [2.05, 4.69) is 5.32 Å². The van der Waals surface area contributed by atoms with Crippen LogP contribution in [0, 0.1) is 6.92 Å². The van der Waals surface area contributed by atoms with E-state index in [1.54, 1.807) is 6.07 Å². The maximum Gasteiger partial charge on any atom is 0.231 e. The molecular weight excluding hydrogens is 294 g/mol. The Bertz CT molecular complexity index is 699. The lowest BCUT2D eigenvalue weighted by Crippen LogP contribution is -2.29. The van der Waals surface area contributed by atoms with E-state index in [1.807, 2.05) is 43.3 Å². The SMILES string of the molecule is Cc1ccccc1CC(=O)NCCOc1ccc2c(c1)OCO2. The zero-order valence-corrected chi connectivity index (χ0v) is 13.0. The van der Waals surface area contributed by atoms with Gasteiger partial charge in [0.05, 0.1) is 13.0 Å². The lowest BCUT2D eigenvalue weighted by atomic mass is 10.1. The molecule has 0 bridgehead atoms. The molecule has 0 saturated heterocycles. The molecule has 1 amide bonds. The zero-order valence-electron chi connectivity index (χ0n) is 13.0. The largest absolute Gasteiger partial charge is 0.492 e. The van der Waals surface area contributed by atoms with Crippen LogP contribution in [0.1, 0.15) is 11.1 Å². The third-order valence-electron chi connectivity index (χ3n) is 3.65. The average molecular weight is 313 g/mol. The van der Waals surface area contributed by atoms with Crippen molar-refractivity contribution >= 4 is 5.91 Å². The molecule has 0 saturated carbocycles. The average Bonchev–Trinajstić information content (AvgIpc) is 3.01. The number of hydrogen-bond donors (Lipinski definition) is 1. The van der Waals surface area contributed by atoms with Gasteiger partial charge in [-0.1, -0.05) is 24.3 Å². The minimum atomic E-state index is -0.00594. The van der Waals surface area contributed by atoms with Gasteiger partial charge in [0.15, 0.2) is 11.5 Å². The van der Waals surface area contributed by atoms with Gasteiger partial charge in [-0.05, 0) is 30.2 Å². The highest BCUT2D eigenvalue weighted by atomic mass is 16.7. The Kier molecular flexibility index (Phi) is 4.66. The second kappa shape index (κ2) is 7.05. The summed E-state index contributed by atoms with van der Waals surface area (Å²) in [5.74, 6) is 2.10. The minimum absolute atomic E-state index is 0.00594. The Morgan fingerprint density at radius 1 is 1.17 bits per heavy atom. The molecule has 0 fully saturated rings. The van der Waals surface area contributed by atoms with E-state index in [0.29, 0.717) is 31.1 Å². The topological polar surface area (TPSA) is 56.8 Å². The van der Waals surface area contributed by atoms with Crippen molar-refractivity contribution in [3.63, 3.8) is 0 Å². The molecule has 2 aromatic rings. The van der Waals surface area contributed by atoms with E-state index in [-0.39, 0.29) is 12.7 Å². The van der Waals surface area contributed by atoms with Crippen molar-refractivity contribution in [3.05, 3.63) is 53.6 Å². The second-order valence-electron chi connectivity index (χ2n) is 5.32. The van der Waals surface area contributed by atoms with Crippen LogP contribution in [0.25, 0.3) is 0 Å². The van der Waals surface area contributed by atoms with Crippen LogP contribution in [-0.4, -0.2) is 25.9 Å². The first kappa shape index (κ1) is 15.2. The summed E-state index contributed by atoms with van der Waals surface area (Å²) in [6.07, 6.45) is 0.386. The summed E-state index contributed by atoms with van der Waals surface area (Å²) >= 11 is 0. The second-order valence-corrected chi connectivity index (χ2v) is 5.32. The first-order valence-corrected chi connectivity index (χ1v) is 7.56. The normalized spacial score (nSPS) is 12.0. The van der Waals surface area contributed by atoms with Crippen LogP contribution in [0.4, 0.5) is 0 Å². The monoisotopic (exact) mass is 313 g/mol. The van der Waals surface area contributed by atoms with Gasteiger partial charge in [0.1, 0.15) is 12.4 Å². The van der Waals surface area contributed by atoms with E-state index in [9.17, 15) is 4.79 Å². The first-order valence-electron chi connectivity index (χ1n) is 7.56. The van der Waals surface area contributed by atoms with Crippen molar-refractivity contribution in [2.45, 2.75) is 13.3 Å². The van der Waals surface area contributed by atoms with Crippen LogP contribution in [0.15, 0.2) is 42.5 Å². The molecule has 0 unspecified atom stereocenters. The molecule has 5 heteroatoms. The highest BCUT2D eigenvalue weighted by Gasteiger charge is 2.13. The molecular formula is C18H19NO4. The lowest BCUT2D eigenvalue weighted by molar-refractivity contribution is -0.120. The third kappa shape index (κ3) is 3.94. The number of rotatable bonds is 6. The smallest absolute Gasteiger partial charge is 0.231 e. The fourth-order valence-electron chi connectivity index (χ4n) is 2.37.